The molecule has 1 aromatic carbocycles. The summed E-state index contributed by atoms with van der Waals surface area (Å²) in [7, 11) is 0. The zero-order chi connectivity index (χ0) is 11.4. The van der Waals surface area contributed by atoms with Gasteiger partial charge in [-0.2, -0.15) is 0 Å². The van der Waals surface area contributed by atoms with Crippen LogP contribution >= 0.6 is 11.8 Å². The lowest BCUT2D eigenvalue weighted by atomic mass is 10.2. The van der Waals surface area contributed by atoms with Crippen molar-refractivity contribution >= 4 is 11.8 Å². The van der Waals surface area contributed by atoms with E-state index in [2.05, 4.69) is 37.3 Å². The second kappa shape index (κ2) is 5.41. The molecule has 0 spiro atoms. The molecular weight excluding hydrogens is 218 g/mol. The number of benzene rings is 1. The molecule has 1 aliphatic rings. The van der Waals surface area contributed by atoms with E-state index in [0.29, 0.717) is 0 Å². The number of nitrogens with two attached hydrogens (primary N) is 1. The van der Waals surface area contributed by atoms with Crippen LogP contribution in [0.25, 0.3) is 0 Å². The Labute approximate surface area is 101 Å². The first kappa shape index (κ1) is 11.6. The highest BCUT2D eigenvalue weighted by Gasteiger charge is 2.14. The average Bonchev–Trinajstić information content (AvgIpc) is 2.81. The zero-order valence-corrected chi connectivity index (χ0v) is 10.3. The molecule has 0 fully saturated rings. The largest absolute Gasteiger partial charge is 0.496 e. The van der Waals surface area contributed by atoms with Gasteiger partial charge < -0.3 is 10.5 Å². The summed E-state index contributed by atoms with van der Waals surface area (Å²) in [5.41, 5.74) is 7.37. The first-order chi connectivity index (χ1) is 7.77. The summed E-state index contributed by atoms with van der Waals surface area (Å²) < 4.78 is 5.46. The van der Waals surface area contributed by atoms with Gasteiger partial charge in [0.15, 0.2) is 0 Å². The highest BCUT2D eigenvalue weighted by Crippen LogP contribution is 2.24. The Morgan fingerprint density at radius 2 is 2.25 bits per heavy atom. The van der Waals surface area contributed by atoms with Crippen LogP contribution in [0.1, 0.15) is 12.0 Å². The Hall–Kier alpha value is -0.930. The molecule has 1 atom stereocenters. The molecule has 3 heteroatoms. The first-order valence-electron chi connectivity index (χ1n) is 5.54. The van der Waals surface area contributed by atoms with E-state index in [4.69, 9.17) is 10.5 Å². The maximum Gasteiger partial charge on any atom is 0.110 e. The lowest BCUT2D eigenvalue weighted by Crippen LogP contribution is -2.25. The number of rotatable bonds is 4. The van der Waals surface area contributed by atoms with Crippen molar-refractivity contribution in [2.24, 2.45) is 5.73 Å². The molecule has 2 nitrogen and oxygen atoms in total. The summed E-state index contributed by atoms with van der Waals surface area (Å²) in [6.45, 7) is 2.91. The Morgan fingerprint density at radius 1 is 1.44 bits per heavy atom. The van der Waals surface area contributed by atoms with E-state index in [-0.39, 0.29) is 6.04 Å². The number of thioether (sulfide) groups is 1. The lowest BCUT2D eigenvalue weighted by molar-refractivity contribution is 0.228. The van der Waals surface area contributed by atoms with Crippen molar-refractivity contribution in [3.63, 3.8) is 0 Å². The number of hydrogen-bond acceptors (Lipinski definition) is 3. The van der Waals surface area contributed by atoms with Crippen LogP contribution < -0.4 is 5.73 Å². The summed E-state index contributed by atoms with van der Waals surface area (Å²) in [4.78, 5) is 1.30. The minimum atomic E-state index is 0.0205. The van der Waals surface area contributed by atoms with Gasteiger partial charge in [0.2, 0.25) is 0 Å². The molecule has 0 radical (unpaired) electrons. The summed E-state index contributed by atoms with van der Waals surface area (Å²) >= 11 is 1.80. The second-order valence-electron chi connectivity index (χ2n) is 3.93. The zero-order valence-electron chi connectivity index (χ0n) is 9.48. The fourth-order valence-corrected chi connectivity index (χ4v) is 2.67. The highest BCUT2D eigenvalue weighted by molar-refractivity contribution is 7.99. The van der Waals surface area contributed by atoms with Crippen LogP contribution in [0.5, 0.6) is 0 Å². The molecule has 86 valence electrons. The van der Waals surface area contributed by atoms with Crippen LogP contribution in [0, 0.1) is 6.92 Å². The van der Waals surface area contributed by atoms with Gasteiger partial charge in [0.25, 0.3) is 0 Å². The predicted octanol–water partition coefficient (Wildman–Crippen LogP) is 2.72. The van der Waals surface area contributed by atoms with Gasteiger partial charge in [-0.1, -0.05) is 18.2 Å². The molecule has 1 aromatic rings. The Bertz CT molecular complexity index is 389. The average molecular weight is 235 g/mol. The fraction of sp³-hybridized carbons (Fsp3) is 0.385. The quantitative estimate of drug-likeness (QED) is 0.815. The summed E-state index contributed by atoms with van der Waals surface area (Å²) in [5.74, 6) is 1.83. The molecule has 1 aliphatic heterocycles. The van der Waals surface area contributed by atoms with E-state index in [1.54, 1.807) is 11.8 Å². The van der Waals surface area contributed by atoms with Crippen molar-refractivity contribution in [1.82, 2.24) is 0 Å². The Kier molecular flexibility index (Phi) is 3.91. The smallest absolute Gasteiger partial charge is 0.110 e. The molecule has 0 aliphatic carbocycles. The van der Waals surface area contributed by atoms with Gasteiger partial charge in [0.1, 0.15) is 5.76 Å². The predicted molar refractivity (Wildman–Crippen MR) is 68.5 cm³/mol. The Morgan fingerprint density at radius 3 is 2.94 bits per heavy atom. The molecule has 0 bridgehead atoms. The SMILES string of the molecule is Cc1ccccc1SCC(N)C1=CCCO1. The molecule has 2 rings (SSSR count). The normalized spacial score (nSPS) is 16.8. The van der Waals surface area contributed by atoms with Crippen LogP contribution in [0.4, 0.5) is 0 Å². The van der Waals surface area contributed by atoms with Crippen molar-refractivity contribution in [3.05, 3.63) is 41.7 Å². The fourth-order valence-electron chi connectivity index (χ4n) is 1.68. The third-order valence-corrected chi connectivity index (χ3v) is 3.90. The van der Waals surface area contributed by atoms with E-state index >= 15 is 0 Å². The van der Waals surface area contributed by atoms with Crippen molar-refractivity contribution in [2.45, 2.75) is 24.3 Å². The van der Waals surface area contributed by atoms with E-state index in [1.807, 2.05) is 0 Å². The van der Waals surface area contributed by atoms with Gasteiger partial charge in [-0.3, -0.25) is 0 Å². The molecule has 0 saturated carbocycles. The van der Waals surface area contributed by atoms with Crippen molar-refractivity contribution in [1.29, 1.82) is 0 Å². The third kappa shape index (κ3) is 2.80. The molecule has 0 aromatic heterocycles. The molecule has 0 saturated heterocycles. The summed E-state index contributed by atoms with van der Waals surface area (Å²) in [6.07, 6.45) is 3.10. The van der Waals surface area contributed by atoms with Gasteiger partial charge in [0, 0.05) is 17.1 Å². The first-order valence-corrected chi connectivity index (χ1v) is 6.53. The molecule has 0 amide bonds. The van der Waals surface area contributed by atoms with E-state index in [0.717, 1.165) is 24.5 Å². The van der Waals surface area contributed by atoms with Gasteiger partial charge in [-0.05, 0) is 24.6 Å². The van der Waals surface area contributed by atoms with Crippen molar-refractivity contribution in [3.8, 4) is 0 Å². The molecule has 1 unspecified atom stereocenters. The van der Waals surface area contributed by atoms with Gasteiger partial charge in [0.05, 0.1) is 12.6 Å². The van der Waals surface area contributed by atoms with Gasteiger partial charge in [-0.15, -0.1) is 11.8 Å². The minimum Gasteiger partial charge on any atom is -0.496 e. The second-order valence-corrected chi connectivity index (χ2v) is 4.99. The van der Waals surface area contributed by atoms with Gasteiger partial charge in [-0.25, -0.2) is 0 Å². The standard InChI is InChI=1S/C13H17NOS/c1-10-5-2-3-7-13(10)16-9-11(14)12-6-4-8-15-12/h2-3,5-7,11H,4,8-9,14H2,1H3. The Balaban J connectivity index is 1.90. The topological polar surface area (TPSA) is 35.2 Å². The summed E-state index contributed by atoms with van der Waals surface area (Å²) in [5, 5.41) is 0. The molecule has 16 heavy (non-hydrogen) atoms. The number of ether oxygens (including phenoxy) is 1. The van der Waals surface area contributed by atoms with Crippen LogP contribution in [-0.2, 0) is 4.74 Å². The monoisotopic (exact) mass is 235 g/mol. The maximum absolute atomic E-state index is 6.06. The van der Waals surface area contributed by atoms with E-state index < -0.39 is 0 Å². The van der Waals surface area contributed by atoms with Gasteiger partial charge >= 0.3 is 0 Å². The molecule has 2 N–H and O–H groups in total. The number of aryl methyl sites for hydroxylation is 1. The third-order valence-electron chi connectivity index (χ3n) is 2.61. The van der Waals surface area contributed by atoms with E-state index in [9.17, 15) is 0 Å². The molecule has 1 heterocycles. The van der Waals surface area contributed by atoms with Crippen LogP contribution in [0.15, 0.2) is 41.0 Å². The van der Waals surface area contributed by atoms with Crippen molar-refractivity contribution < 1.29 is 4.74 Å². The van der Waals surface area contributed by atoms with Crippen LogP contribution in [0.2, 0.25) is 0 Å². The van der Waals surface area contributed by atoms with E-state index in [1.165, 1.54) is 10.5 Å². The molecular formula is C13H17NOS. The van der Waals surface area contributed by atoms with Crippen LogP contribution in [-0.4, -0.2) is 18.4 Å². The number of hydrogen-bond donors (Lipinski definition) is 1. The summed E-state index contributed by atoms with van der Waals surface area (Å²) in [6, 6.07) is 8.40. The van der Waals surface area contributed by atoms with Crippen LogP contribution in [0.3, 0.4) is 0 Å². The maximum atomic E-state index is 6.06. The highest BCUT2D eigenvalue weighted by atomic mass is 32.2. The van der Waals surface area contributed by atoms with Crippen molar-refractivity contribution in [2.75, 3.05) is 12.4 Å². The lowest BCUT2D eigenvalue weighted by Gasteiger charge is -2.13. The minimum absolute atomic E-state index is 0.0205.